The van der Waals surface area contributed by atoms with Crippen LogP contribution in [0.4, 0.5) is 8.78 Å². The molecule has 2 rings (SSSR count). The molecule has 0 spiro atoms. The molecule has 1 aliphatic carbocycles. The molecule has 0 aliphatic heterocycles. The van der Waals surface area contributed by atoms with Crippen LogP contribution in [0.5, 0.6) is 0 Å². The molecule has 0 radical (unpaired) electrons. The van der Waals surface area contributed by atoms with E-state index in [4.69, 9.17) is 0 Å². The number of hydrogen-bond donors (Lipinski definition) is 1. The Hall–Kier alpha value is -1.45. The molecule has 1 fully saturated rings. The highest BCUT2D eigenvalue weighted by molar-refractivity contribution is 5.81. The summed E-state index contributed by atoms with van der Waals surface area (Å²) in [5.41, 5.74) is -0.00528. The minimum Gasteiger partial charge on any atom is -0.481 e. The van der Waals surface area contributed by atoms with Crippen LogP contribution >= 0.6 is 0 Å². The maximum Gasteiger partial charge on any atom is 0.314 e. The first kappa shape index (κ1) is 14.0. The molecule has 0 bridgehead atoms. The third-order valence-corrected chi connectivity index (χ3v) is 4.22. The molecule has 0 amide bonds. The quantitative estimate of drug-likeness (QED) is 0.903. The number of rotatable bonds is 3. The zero-order valence-electron chi connectivity index (χ0n) is 11.0. The first-order valence-electron chi connectivity index (χ1n) is 6.60. The third kappa shape index (κ3) is 2.36. The SMILES string of the molecule is Cc1cc(C2(C(=O)O)CCCCC2)cc(F)c1CF. The Labute approximate surface area is 111 Å². The lowest BCUT2D eigenvalue weighted by molar-refractivity contribution is -0.145. The summed E-state index contributed by atoms with van der Waals surface area (Å²) < 4.78 is 26.6. The summed E-state index contributed by atoms with van der Waals surface area (Å²) >= 11 is 0. The van der Waals surface area contributed by atoms with Crippen molar-refractivity contribution in [1.29, 1.82) is 0 Å². The van der Waals surface area contributed by atoms with Gasteiger partial charge in [0.05, 0.1) is 5.41 Å². The van der Waals surface area contributed by atoms with E-state index in [1.807, 2.05) is 0 Å². The second kappa shape index (κ2) is 5.27. The van der Waals surface area contributed by atoms with Crippen LogP contribution in [0.15, 0.2) is 12.1 Å². The molecule has 1 aliphatic rings. The largest absolute Gasteiger partial charge is 0.481 e. The Morgan fingerprint density at radius 3 is 2.42 bits per heavy atom. The van der Waals surface area contributed by atoms with E-state index in [0.717, 1.165) is 19.3 Å². The number of aliphatic carboxylic acids is 1. The Kier molecular flexibility index (Phi) is 3.88. The van der Waals surface area contributed by atoms with Crippen molar-refractivity contribution in [2.75, 3.05) is 0 Å². The summed E-state index contributed by atoms with van der Waals surface area (Å²) in [6, 6.07) is 2.85. The average Bonchev–Trinajstić information content (AvgIpc) is 2.39. The summed E-state index contributed by atoms with van der Waals surface area (Å²) in [5.74, 6) is -1.54. The van der Waals surface area contributed by atoms with Gasteiger partial charge in [-0.1, -0.05) is 25.3 Å². The fourth-order valence-corrected chi connectivity index (χ4v) is 3.00. The van der Waals surface area contributed by atoms with Crippen LogP contribution in [0.2, 0.25) is 0 Å². The molecular formula is C15H18F2O2. The molecule has 0 atom stereocenters. The van der Waals surface area contributed by atoms with Crippen molar-refractivity contribution in [3.05, 3.63) is 34.6 Å². The molecule has 4 heteroatoms. The van der Waals surface area contributed by atoms with Gasteiger partial charge in [0.2, 0.25) is 0 Å². The number of carbonyl (C=O) groups is 1. The molecule has 19 heavy (non-hydrogen) atoms. The van der Waals surface area contributed by atoms with Crippen molar-refractivity contribution in [2.45, 2.75) is 51.1 Å². The van der Waals surface area contributed by atoms with E-state index >= 15 is 0 Å². The Bertz CT molecular complexity index is 468. The summed E-state index contributed by atoms with van der Waals surface area (Å²) in [4.78, 5) is 11.7. The highest BCUT2D eigenvalue weighted by Crippen LogP contribution is 2.40. The van der Waals surface area contributed by atoms with E-state index in [-0.39, 0.29) is 5.56 Å². The van der Waals surface area contributed by atoms with Gasteiger partial charge in [0.25, 0.3) is 0 Å². The van der Waals surface area contributed by atoms with Crippen LogP contribution in [0, 0.1) is 12.7 Å². The normalized spacial score (nSPS) is 18.3. The number of halogens is 2. The van der Waals surface area contributed by atoms with Crippen molar-refractivity contribution in [3.8, 4) is 0 Å². The smallest absolute Gasteiger partial charge is 0.314 e. The lowest BCUT2D eigenvalue weighted by atomic mass is 9.69. The highest BCUT2D eigenvalue weighted by atomic mass is 19.1. The van der Waals surface area contributed by atoms with Crippen LogP contribution in [0.25, 0.3) is 0 Å². The Morgan fingerprint density at radius 1 is 1.32 bits per heavy atom. The van der Waals surface area contributed by atoms with Crippen LogP contribution < -0.4 is 0 Å². The number of carboxylic acids is 1. The molecule has 0 aromatic heterocycles. The summed E-state index contributed by atoms with van der Waals surface area (Å²) in [5, 5.41) is 9.55. The fourth-order valence-electron chi connectivity index (χ4n) is 3.00. The van der Waals surface area contributed by atoms with E-state index in [9.17, 15) is 18.7 Å². The number of alkyl halides is 1. The van der Waals surface area contributed by atoms with Crippen LogP contribution in [0.1, 0.15) is 48.8 Å². The zero-order valence-corrected chi connectivity index (χ0v) is 11.0. The van der Waals surface area contributed by atoms with Crippen molar-refractivity contribution in [3.63, 3.8) is 0 Å². The maximum atomic E-state index is 13.9. The summed E-state index contributed by atoms with van der Waals surface area (Å²) in [7, 11) is 0. The van der Waals surface area contributed by atoms with E-state index in [0.29, 0.717) is 24.0 Å². The van der Waals surface area contributed by atoms with Crippen LogP contribution in [-0.2, 0) is 16.9 Å². The molecule has 1 N–H and O–H groups in total. The fraction of sp³-hybridized carbons (Fsp3) is 0.533. The second-order valence-electron chi connectivity index (χ2n) is 5.34. The van der Waals surface area contributed by atoms with E-state index < -0.39 is 23.9 Å². The van der Waals surface area contributed by atoms with Crippen LogP contribution in [-0.4, -0.2) is 11.1 Å². The topological polar surface area (TPSA) is 37.3 Å². The molecule has 1 saturated carbocycles. The molecule has 0 heterocycles. The van der Waals surface area contributed by atoms with Crippen LogP contribution in [0.3, 0.4) is 0 Å². The first-order valence-corrected chi connectivity index (χ1v) is 6.60. The van der Waals surface area contributed by atoms with Gasteiger partial charge in [-0.3, -0.25) is 4.79 Å². The molecule has 104 valence electrons. The van der Waals surface area contributed by atoms with Gasteiger partial charge in [0.15, 0.2) is 0 Å². The summed E-state index contributed by atoms with van der Waals surface area (Å²) in [6.07, 6.45) is 3.72. The van der Waals surface area contributed by atoms with Gasteiger partial charge in [-0.25, -0.2) is 8.78 Å². The van der Waals surface area contributed by atoms with Gasteiger partial charge >= 0.3 is 5.97 Å². The van der Waals surface area contributed by atoms with Crippen molar-refractivity contribution >= 4 is 5.97 Å². The predicted molar refractivity (Wildman–Crippen MR) is 68.3 cm³/mol. The minimum atomic E-state index is -1.00. The standard InChI is InChI=1S/C15H18F2O2/c1-10-7-11(8-13(17)12(10)9-16)15(14(18)19)5-3-2-4-6-15/h7-8H,2-6,9H2,1H3,(H,18,19). The van der Waals surface area contributed by atoms with Gasteiger partial charge in [0.1, 0.15) is 12.5 Å². The molecule has 1 aromatic carbocycles. The number of aryl methyl sites for hydroxylation is 1. The minimum absolute atomic E-state index is 0.0279. The lowest BCUT2D eigenvalue weighted by Crippen LogP contribution is -2.38. The molecule has 1 aromatic rings. The Morgan fingerprint density at radius 2 is 1.95 bits per heavy atom. The zero-order chi connectivity index (χ0) is 14.0. The average molecular weight is 268 g/mol. The number of benzene rings is 1. The third-order valence-electron chi connectivity index (χ3n) is 4.22. The van der Waals surface area contributed by atoms with Crippen molar-refractivity contribution in [2.24, 2.45) is 0 Å². The molecule has 0 saturated heterocycles. The van der Waals surface area contributed by atoms with Gasteiger partial charge in [-0.05, 0) is 37.0 Å². The molecule has 2 nitrogen and oxygen atoms in total. The number of hydrogen-bond acceptors (Lipinski definition) is 1. The number of carboxylic acid groups (broad SMARTS) is 1. The Balaban J connectivity index is 2.51. The van der Waals surface area contributed by atoms with Gasteiger partial charge < -0.3 is 5.11 Å². The van der Waals surface area contributed by atoms with E-state index in [1.54, 1.807) is 13.0 Å². The predicted octanol–water partition coefficient (Wildman–Crippen LogP) is 3.89. The second-order valence-corrected chi connectivity index (χ2v) is 5.34. The molecule has 0 unspecified atom stereocenters. The lowest BCUT2D eigenvalue weighted by Gasteiger charge is -2.34. The van der Waals surface area contributed by atoms with Crippen molar-refractivity contribution in [1.82, 2.24) is 0 Å². The first-order chi connectivity index (χ1) is 9.01. The van der Waals surface area contributed by atoms with E-state index in [2.05, 4.69) is 0 Å². The van der Waals surface area contributed by atoms with Crippen molar-refractivity contribution < 1.29 is 18.7 Å². The van der Waals surface area contributed by atoms with Gasteiger partial charge in [0, 0.05) is 5.56 Å². The maximum absolute atomic E-state index is 13.9. The monoisotopic (exact) mass is 268 g/mol. The van der Waals surface area contributed by atoms with E-state index in [1.165, 1.54) is 6.07 Å². The highest BCUT2D eigenvalue weighted by Gasteiger charge is 2.41. The van der Waals surface area contributed by atoms with Gasteiger partial charge in [-0.15, -0.1) is 0 Å². The molecular weight excluding hydrogens is 250 g/mol. The van der Waals surface area contributed by atoms with Gasteiger partial charge in [-0.2, -0.15) is 0 Å². The summed E-state index contributed by atoms with van der Waals surface area (Å²) in [6.45, 7) is 0.762.